The van der Waals surface area contributed by atoms with Crippen molar-refractivity contribution in [2.45, 2.75) is 45.6 Å². The molecule has 20 heavy (non-hydrogen) atoms. The fraction of sp³-hybridized carbons (Fsp3) is 0.867. The monoisotopic (exact) mass is 281 g/mol. The summed E-state index contributed by atoms with van der Waals surface area (Å²) in [6.07, 6.45) is 3.87. The first-order chi connectivity index (χ1) is 9.54. The Labute approximate surface area is 121 Å². The van der Waals surface area contributed by atoms with Crippen molar-refractivity contribution in [2.75, 3.05) is 32.7 Å². The molecule has 114 valence electrons. The third kappa shape index (κ3) is 5.12. The summed E-state index contributed by atoms with van der Waals surface area (Å²) in [5.41, 5.74) is 0. The molecule has 0 bridgehead atoms. The average Bonchev–Trinajstić information content (AvgIpc) is 3.20. The summed E-state index contributed by atoms with van der Waals surface area (Å²) in [5, 5.41) is 3.01. The Bertz CT molecular complexity index is 345. The maximum Gasteiger partial charge on any atom is 0.234 e. The molecule has 0 atom stereocenters. The second-order valence-electron chi connectivity index (χ2n) is 6.43. The minimum absolute atomic E-state index is 0.132. The molecule has 2 aliphatic rings. The molecule has 0 spiro atoms. The highest BCUT2D eigenvalue weighted by atomic mass is 16.2. The van der Waals surface area contributed by atoms with E-state index in [1.54, 1.807) is 0 Å². The van der Waals surface area contributed by atoms with Crippen molar-refractivity contribution in [3.63, 3.8) is 0 Å². The summed E-state index contributed by atoms with van der Waals surface area (Å²) in [6, 6.07) is 0.432. The lowest BCUT2D eigenvalue weighted by atomic mass is 10.1. The smallest absolute Gasteiger partial charge is 0.234 e. The van der Waals surface area contributed by atoms with E-state index in [4.69, 9.17) is 0 Å². The predicted octanol–water partition coefficient (Wildman–Crippen LogP) is 0.845. The predicted molar refractivity (Wildman–Crippen MR) is 78.3 cm³/mol. The summed E-state index contributed by atoms with van der Waals surface area (Å²) >= 11 is 0. The van der Waals surface area contributed by atoms with E-state index in [1.807, 2.05) is 4.90 Å². The largest absolute Gasteiger partial charge is 0.352 e. The molecular formula is C15H27N3O2. The maximum atomic E-state index is 12.0. The van der Waals surface area contributed by atoms with Crippen molar-refractivity contribution in [1.29, 1.82) is 0 Å². The molecule has 2 fully saturated rings. The Morgan fingerprint density at radius 3 is 2.35 bits per heavy atom. The Kier molecular flexibility index (Phi) is 5.40. The lowest BCUT2D eigenvalue weighted by Gasteiger charge is -2.34. The molecule has 5 heteroatoms. The number of amides is 2. The van der Waals surface area contributed by atoms with Crippen molar-refractivity contribution >= 4 is 11.8 Å². The van der Waals surface area contributed by atoms with E-state index >= 15 is 0 Å². The Balaban J connectivity index is 1.63. The molecule has 1 heterocycles. The van der Waals surface area contributed by atoms with E-state index in [1.165, 1.54) is 0 Å². The fourth-order valence-corrected chi connectivity index (χ4v) is 2.43. The van der Waals surface area contributed by atoms with Crippen LogP contribution in [0.2, 0.25) is 0 Å². The van der Waals surface area contributed by atoms with Crippen molar-refractivity contribution in [3.05, 3.63) is 0 Å². The van der Waals surface area contributed by atoms with Gasteiger partial charge in [-0.25, -0.2) is 0 Å². The first-order valence-electron chi connectivity index (χ1n) is 7.84. The minimum atomic E-state index is 0.132. The number of hydrogen-bond acceptors (Lipinski definition) is 3. The summed E-state index contributed by atoms with van der Waals surface area (Å²) in [7, 11) is 0. The van der Waals surface area contributed by atoms with Gasteiger partial charge in [-0.05, 0) is 25.2 Å². The van der Waals surface area contributed by atoms with Crippen LogP contribution in [0.25, 0.3) is 0 Å². The van der Waals surface area contributed by atoms with Crippen molar-refractivity contribution < 1.29 is 9.59 Å². The van der Waals surface area contributed by atoms with Crippen LogP contribution < -0.4 is 5.32 Å². The second-order valence-corrected chi connectivity index (χ2v) is 6.43. The molecule has 2 rings (SSSR count). The van der Waals surface area contributed by atoms with E-state index < -0.39 is 0 Å². The molecule has 0 aromatic heterocycles. The number of carbonyl (C=O) groups is 2. The Morgan fingerprint density at radius 2 is 1.80 bits per heavy atom. The molecule has 0 aromatic carbocycles. The quantitative estimate of drug-likeness (QED) is 0.785. The standard InChI is InChI=1S/C15H27N3O2/c1-12(2)3-6-15(20)18-9-7-17(8-10-18)11-14(19)16-13-4-5-13/h12-13H,3-11H2,1-2H3,(H,16,19). The molecule has 2 amide bonds. The van der Waals surface area contributed by atoms with E-state index in [0.717, 1.165) is 45.4 Å². The number of hydrogen-bond donors (Lipinski definition) is 1. The zero-order valence-electron chi connectivity index (χ0n) is 12.7. The van der Waals surface area contributed by atoms with E-state index in [0.29, 0.717) is 24.9 Å². The third-order valence-corrected chi connectivity index (χ3v) is 3.97. The van der Waals surface area contributed by atoms with Crippen LogP contribution >= 0.6 is 0 Å². The van der Waals surface area contributed by atoms with Crippen molar-refractivity contribution in [3.8, 4) is 0 Å². The van der Waals surface area contributed by atoms with Gasteiger partial charge in [-0.15, -0.1) is 0 Å². The highest BCUT2D eigenvalue weighted by Gasteiger charge is 2.26. The molecule has 1 N–H and O–H groups in total. The summed E-state index contributed by atoms with van der Waals surface area (Å²) in [5.74, 6) is 0.972. The average molecular weight is 281 g/mol. The van der Waals surface area contributed by atoms with Gasteiger partial charge in [0.25, 0.3) is 0 Å². The van der Waals surface area contributed by atoms with Gasteiger partial charge >= 0.3 is 0 Å². The molecule has 1 aliphatic carbocycles. The minimum Gasteiger partial charge on any atom is -0.352 e. The molecule has 0 radical (unpaired) electrons. The van der Waals surface area contributed by atoms with Crippen LogP contribution in [-0.2, 0) is 9.59 Å². The van der Waals surface area contributed by atoms with Gasteiger partial charge in [0.2, 0.25) is 11.8 Å². The highest BCUT2D eigenvalue weighted by Crippen LogP contribution is 2.18. The van der Waals surface area contributed by atoms with E-state index in [9.17, 15) is 9.59 Å². The van der Waals surface area contributed by atoms with Gasteiger partial charge in [0.05, 0.1) is 6.54 Å². The SMILES string of the molecule is CC(C)CCC(=O)N1CCN(CC(=O)NC2CC2)CC1. The first-order valence-corrected chi connectivity index (χ1v) is 7.84. The lowest BCUT2D eigenvalue weighted by molar-refractivity contribution is -0.133. The number of nitrogens with zero attached hydrogens (tertiary/aromatic N) is 2. The van der Waals surface area contributed by atoms with Gasteiger partial charge in [0.15, 0.2) is 0 Å². The normalized spacial score (nSPS) is 20.2. The van der Waals surface area contributed by atoms with Crippen LogP contribution in [-0.4, -0.2) is 60.4 Å². The summed E-state index contributed by atoms with van der Waals surface area (Å²) in [4.78, 5) is 27.8. The van der Waals surface area contributed by atoms with Crippen LogP contribution in [0.5, 0.6) is 0 Å². The number of carbonyl (C=O) groups excluding carboxylic acids is 2. The van der Waals surface area contributed by atoms with Crippen LogP contribution in [0.3, 0.4) is 0 Å². The number of piperazine rings is 1. The maximum absolute atomic E-state index is 12.0. The summed E-state index contributed by atoms with van der Waals surface area (Å²) < 4.78 is 0. The Morgan fingerprint density at radius 1 is 1.15 bits per heavy atom. The highest BCUT2D eigenvalue weighted by molar-refractivity contribution is 5.79. The number of nitrogens with one attached hydrogen (secondary N) is 1. The zero-order chi connectivity index (χ0) is 14.5. The molecule has 1 aliphatic heterocycles. The van der Waals surface area contributed by atoms with Crippen LogP contribution in [0.1, 0.15) is 39.5 Å². The molecule has 5 nitrogen and oxygen atoms in total. The molecular weight excluding hydrogens is 254 g/mol. The topological polar surface area (TPSA) is 52.7 Å². The first kappa shape index (κ1) is 15.3. The third-order valence-electron chi connectivity index (χ3n) is 3.97. The van der Waals surface area contributed by atoms with Gasteiger partial charge < -0.3 is 10.2 Å². The van der Waals surface area contributed by atoms with Gasteiger partial charge in [0, 0.05) is 38.6 Å². The van der Waals surface area contributed by atoms with Crippen LogP contribution in [0.15, 0.2) is 0 Å². The Hall–Kier alpha value is -1.10. The van der Waals surface area contributed by atoms with Gasteiger partial charge in [-0.2, -0.15) is 0 Å². The van der Waals surface area contributed by atoms with Gasteiger partial charge in [0.1, 0.15) is 0 Å². The second kappa shape index (κ2) is 7.07. The van der Waals surface area contributed by atoms with Crippen LogP contribution in [0, 0.1) is 5.92 Å². The molecule has 0 unspecified atom stereocenters. The lowest BCUT2D eigenvalue weighted by Crippen LogP contribution is -2.51. The van der Waals surface area contributed by atoms with Gasteiger partial charge in [-0.3, -0.25) is 14.5 Å². The summed E-state index contributed by atoms with van der Waals surface area (Å²) in [6.45, 7) is 7.90. The zero-order valence-corrected chi connectivity index (χ0v) is 12.7. The molecule has 0 aromatic rings. The van der Waals surface area contributed by atoms with Crippen molar-refractivity contribution in [1.82, 2.24) is 15.1 Å². The van der Waals surface area contributed by atoms with Crippen LogP contribution in [0.4, 0.5) is 0 Å². The fourth-order valence-electron chi connectivity index (χ4n) is 2.43. The number of rotatable bonds is 6. The van der Waals surface area contributed by atoms with E-state index in [-0.39, 0.29) is 11.8 Å². The van der Waals surface area contributed by atoms with Gasteiger partial charge in [-0.1, -0.05) is 13.8 Å². The molecule has 1 saturated heterocycles. The molecule has 1 saturated carbocycles. The van der Waals surface area contributed by atoms with E-state index in [2.05, 4.69) is 24.1 Å². The van der Waals surface area contributed by atoms with Crippen molar-refractivity contribution in [2.24, 2.45) is 5.92 Å².